The monoisotopic (exact) mass is 279 g/mol. The van der Waals surface area contributed by atoms with Gasteiger partial charge in [0.2, 0.25) is 0 Å². The smallest absolute Gasteiger partial charge is 0.116 e. The van der Waals surface area contributed by atoms with Crippen molar-refractivity contribution in [2.45, 2.75) is 13.0 Å². The van der Waals surface area contributed by atoms with Gasteiger partial charge in [-0.1, -0.05) is 12.1 Å². The summed E-state index contributed by atoms with van der Waals surface area (Å²) in [5, 5.41) is 13.3. The topological polar surface area (TPSA) is 48.7 Å². The molecule has 1 atom stereocenters. The third-order valence-corrected chi connectivity index (χ3v) is 4.30. The van der Waals surface area contributed by atoms with Crippen LogP contribution in [0.2, 0.25) is 0 Å². The van der Waals surface area contributed by atoms with E-state index in [0.29, 0.717) is 5.56 Å². The first-order valence-electron chi connectivity index (χ1n) is 6.38. The van der Waals surface area contributed by atoms with Crippen molar-refractivity contribution in [2.24, 2.45) is 0 Å². The number of benzene rings is 2. The third-order valence-electron chi connectivity index (χ3n) is 3.08. The summed E-state index contributed by atoms with van der Waals surface area (Å²) in [5.41, 5.74) is 2.71. The van der Waals surface area contributed by atoms with Crippen molar-refractivity contribution in [3.05, 3.63) is 59.1 Å². The highest BCUT2D eigenvalue weighted by Gasteiger charge is 2.11. The second kappa shape index (κ2) is 5.32. The Bertz CT molecular complexity index is 735. The summed E-state index contributed by atoms with van der Waals surface area (Å²) < 4.78 is 1.20. The normalized spacial score (nSPS) is 12.0. The molecule has 0 spiro atoms. The molecule has 1 N–H and O–H groups in total. The zero-order chi connectivity index (χ0) is 13.9. The van der Waals surface area contributed by atoms with Gasteiger partial charge in [0.15, 0.2) is 0 Å². The molecular formula is C16H13N3S. The zero-order valence-corrected chi connectivity index (χ0v) is 11.8. The van der Waals surface area contributed by atoms with E-state index < -0.39 is 0 Å². The summed E-state index contributed by atoms with van der Waals surface area (Å²) in [6.07, 6.45) is 0. The molecule has 2 aromatic carbocycles. The molecular weight excluding hydrogens is 266 g/mol. The molecule has 0 saturated carbocycles. The number of hydrogen-bond acceptors (Lipinski definition) is 4. The van der Waals surface area contributed by atoms with Gasteiger partial charge in [-0.25, -0.2) is 4.98 Å². The van der Waals surface area contributed by atoms with E-state index in [9.17, 15) is 0 Å². The summed E-state index contributed by atoms with van der Waals surface area (Å²) in [6.45, 7) is 2.09. The maximum atomic E-state index is 8.79. The number of nitriles is 1. The fourth-order valence-corrected chi connectivity index (χ4v) is 3.00. The molecule has 0 radical (unpaired) electrons. The van der Waals surface area contributed by atoms with Gasteiger partial charge >= 0.3 is 0 Å². The molecule has 0 aliphatic carbocycles. The number of thiazole rings is 1. The van der Waals surface area contributed by atoms with Crippen LogP contribution in [0.1, 0.15) is 23.5 Å². The number of nitrogens with zero attached hydrogens (tertiary/aromatic N) is 2. The Hall–Kier alpha value is -2.38. The van der Waals surface area contributed by atoms with Crippen LogP contribution in [0.25, 0.3) is 10.2 Å². The Morgan fingerprint density at radius 1 is 1.15 bits per heavy atom. The highest BCUT2D eigenvalue weighted by Crippen LogP contribution is 2.28. The van der Waals surface area contributed by atoms with Crippen molar-refractivity contribution in [2.75, 3.05) is 5.32 Å². The zero-order valence-electron chi connectivity index (χ0n) is 11.0. The van der Waals surface area contributed by atoms with E-state index in [1.54, 1.807) is 11.3 Å². The molecule has 3 rings (SSSR count). The second-order valence-electron chi connectivity index (χ2n) is 4.58. The molecule has 3 aromatic rings. The second-order valence-corrected chi connectivity index (χ2v) is 5.64. The first-order valence-corrected chi connectivity index (χ1v) is 7.20. The van der Waals surface area contributed by atoms with Gasteiger partial charge in [0.25, 0.3) is 0 Å². The Morgan fingerprint density at radius 2 is 1.90 bits per heavy atom. The molecule has 0 aliphatic rings. The molecule has 0 saturated heterocycles. The van der Waals surface area contributed by atoms with Gasteiger partial charge < -0.3 is 5.32 Å². The van der Waals surface area contributed by atoms with Gasteiger partial charge in [-0.15, -0.1) is 11.3 Å². The number of rotatable bonds is 3. The molecule has 0 fully saturated rings. The largest absolute Gasteiger partial charge is 0.376 e. The van der Waals surface area contributed by atoms with Crippen LogP contribution in [0.15, 0.2) is 48.5 Å². The van der Waals surface area contributed by atoms with Gasteiger partial charge in [-0.2, -0.15) is 5.26 Å². The minimum absolute atomic E-state index is 0.139. The highest BCUT2D eigenvalue weighted by molar-refractivity contribution is 7.18. The van der Waals surface area contributed by atoms with Crippen LogP contribution in [0.5, 0.6) is 0 Å². The molecule has 20 heavy (non-hydrogen) atoms. The molecule has 0 amide bonds. The number of aromatic nitrogens is 1. The van der Waals surface area contributed by atoms with E-state index in [2.05, 4.69) is 29.4 Å². The lowest BCUT2D eigenvalue weighted by Gasteiger charge is -2.12. The molecule has 3 nitrogen and oxygen atoms in total. The van der Waals surface area contributed by atoms with Gasteiger partial charge in [0, 0.05) is 5.69 Å². The Labute approximate surface area is 121 Å². The van der Waals surface area contributed by atoms with E-state index in [1.807, 2.05) is 42.5 Å². The van der Waals surface area contributed by atoms with Crippen LogP contribution in [0.3, 0.4) is 0 Å². The fourth-order valence-electron chi connectivity index (χ4n) is 2.03. The van der Waals surface area contributed by atoms with Crippen LogP contribution >= 0.6 is 11.3 Å². The van der Waals surface area contributed by atoms with E-state index in [0.717, 1.165) is 16.2 Å². The number of anilines is 1. The summed E-state index contributed by atoms with van der Waals surface area (Å²) in [5.74, 6) is 0. The lowest BCUT2D eigenvalue weighted by atomic mass is 10.2. The van der Waals surface area contributed by atoms with E-state index in [4.69, 9.17) is 5.26 Å². The van der Waals surface area contributed by atoms with Crippen LogP contribution in [-0.2, 0) is 0 Å². The van der Waals surface area contributed by atoms with E-state index in [1.165, 1.54) is 4.70 Å². The van der Waals surface area contributed by atoms with Crippen molar-refractivity contribution in [1.29, 1.82) is 5.26 Å². The van der Waals surface area contributed by atoms with Crippen LogP contribution in [-0.4, -0.2) is 4.98 Å². The Balaban J connectivity index is 1.81. The summed E-state index contributed by atoms with van der Waals surface area (Å²) in [7, 11) is 0. The summed E-state index contributed by atoms with van der Waals surface area (Å²) >= 11 is 1.71. The third kappa shape index (κ3) is 2.49. The van der Waals surface area contributed by atoms with Crippen LogP contribution < -0.4 is 5.32 Å². The number of fused-ring (bicyclic) bond motifs is 1. The average molecular weight is 279 g/mol. The van der Waals surface area contributed by atoms with Crippen molar-refractivity contribution in [1.82, 2.24) is 4.98 Å². The first-order chi connectivity index (χ1) is 9.76. The van der Waals surface area contributed by atoms with Crippen molar-refractivity contribution < 1.29 is 0 Å². The molecule has 98 valence electrons. The molecule has 0 bridgehead atoms. The molecule has 4 heteroatoms. The predicted molar refractivity (Wildman–Crippen MR) is 82.8 cm³/mol. The quantitative estimate of drug-likeness (QED) is 0.775. The average Bonchev–Trinajstić information content (AvgIpc) is 2.92. The predicted octanol–water partition coefficient (Wildman–Crippen LogP) is 4.34. The summed E-state index contributed by atoms with van der Waals surface area (Å²) in [4.78, 5) is 4.65. The molecule has 1 aromatic heterocycles. The maximum Gasteiger partial charge on any atom is 0.116 e. The lowest BCUT2D eigenvalue weighted by Crippen LogP contribution is -2.05. The van der Waals surface area contributed by atoms with Crippen molar-refractivity contribution in [3.8, 4) is 6.07 Å². The van der Waals surface area contributed by atoms with Gasteiger partial charge in [-0.05, 0) is 43.3 Å². The molecule has 1 unspecified atom stereocenters. The number of nitrogens with one attached hydrogen (secondary N) is 1. The highest BCUT2D eigenvalue weighted by atomic mass is 32.1. The van der Waals surface area contributed by atoms with E-state index >= 15 is 0 Å². The van der Waals surface area contributed by atoms with Crippen molar-refractivity contribution in [3.63, 3.8) is 0 Å². The number of hydrogen-bond donors (Lipinski definition) is 1. The number of para-hydroxylation sites is 1. The van der Waals surface area contributed by atoms with Crippen LogP contribution in [0, 0.1) is 11.3 Å². The fraction of sp³-hybridized carbons (Fsp3) is 0.125. The van der Waals surface area contributed by atoms with Gasteiger partial charge in [0.1, 0.15) is 5.01 Å². The standard InChI is InChI=1S/C16H13N3S/c1-11(18-13-8-6-12(10-17)7-9-13)16-19-14-4-2-3-5-15(14)20-16/h2-9,11,18H,1H3. The summed E-state index contributed by atoms with van der Waals surface area (Å²) in [6, 6.07) is 17.9. The SMILES string of the molecule is CC(Nc1ccc(C#N)cc1)c1nc2ccccc2s1. The minimum atomic E-state index is 0.139. The van der Waals surface area contributed by atoms with Gasteiger partial charge in [0.05, 0.1) is 27.9 Å². The first kappa shape index (κ1) is 12.6. The van der Waals surface area contributed by atoms with Crippen molar-refractivity contribution >= 4 is 27.2 Å². The van der Waals surface area contributed by atoms with Gasteiger partial charge in [-0.3, -0.25) is 0 Å². The lowest BCUT2D eigenvalue weighted by molar-refractivity contribution is 0.874. The van der Waals surface area contributed by atoms with E-state index in [-0.39, 0.29) is 6.04 Å². The Kier molecular flexibility index (Phi) is 3.36. The minimum Gasteiger partial charge on any atom is -0.376 e. The Morgan fingerprint density at radius 3 is 2.60 bits per heavy atom. The van der Waals surface area contributed by atoms with Crippen LogP contribution in [0.4, 0.5) is 5.69 Å². The molecule has 0 aliphatic heterocycles. The molecule has 1 heterocycles. The maximum absolute atomic E-state index is 8.79.